The molecule has 0 N–H and O–H groups in total. The summed E-state index contributed by atoms with van der Waals surface area (Å²) in [6.45, 7) is 3.85. The molecule has 0 atom stereocenters. The fourth-order valence-electron chi connectivity index (χ4n) is 2.60. The zero-order valence-corrected chi connectivity index (χ0v) is 14.5. The van der Waals surface area contributed by atoms with Crippen molar-refractivity contribution in [2.24, 2.45) is 0 Å². The number of methoxy groups -OCH3 is 1. The van der Waals surface area contributed by atoms with Crippen LogP contribution >= 0.6 is 0 Å². The number of rotatable bonds is 6. The Morgan fingerprint density at radius 1 is 0.920 bits per heavy atom. The molecule has 0 fully saturated rings. The largest absolute Gasteiger partial charge is 0.493 e. The Kier molecular flexibility index (Phi) is 4.89. The average molecular weight is 336 g/mol. The van der Waals surface area contributed by atoms with Crippen molar-refractivity contribution in [1.82, 2.24) is 0 Å². The van der Waals surface area contributed by atoms with Crippen molar-refractivity contribution in [2.45, 2.75) is 20.0 Å². The minimum Gasteiger partial charge on any atom is -0.493 e. The number of carbonyl (C=O) groups is 1. The van der Waals surface area contributed by atoms with Gasteiger partial charge in [0.05, 0.1) is 13.2 Å². The molecule has 0 bridgehead atoms. The molecule has 3 rings (SSSR count). The van der Waals surface area contributed by atoms with Gasteiger partial charge >= 0.3 is 0 Å². The van der Waals surface area contributed by atoms with Crippen LogP contribution in [0.5, 0.6) is 23.0 Å². The summed E-state index contributed by atoms with van der Waals surface area (Å²) in [6.07, 6.45) is 0.699. The van der Waals surface area contributed by atoms with E-state index in [0.717, 1.165) is 17.1 Å². The summed E-state index contributed by atoms with van der Waals surface area (Å²) < 4.78 is 17.3. The monoisotopic (exact) mass is 336 g/mol. The molecular weight excluding hydrogens is 316 g/mol. The third kappa shape index (κ3) is 3.74. The number of hydrogen-bond donors (Lipinski definition) is 0. The molecule has 0 aromatic heterocycles. The SMILES string of the molecule is COc1cc(C=O)cc(Oc2ccc3ccccc3c2)c1OC(C)C. The topological polar surface area (TPSA) is 44.8 Å². The predicted molar refractivity (Wildman–Crippen MR) is 98.2 cm³/mol. The smallest absolute Gasteiger partial charge is 0.204 e. The fourth-order valence-corrected chi connectivity index (χ4v) is 2.60. The summed E-state index contributed by atoms with van der Waals surface area (Å²) in [5.41, 5.74) is 0.462. The van der Waals surface area contributed by atoms with Crippen molar-refractivity contribution in [2.75, 3.05) is 7.11 Å². The highest BCUT2D eigenvalue weighted by Gasteiger charge is 2.17. The molecule has 0 heterocycles. The van der Waals surface area contributed by atoms with Gasteiger partial charge in [0.25, 0.3) is 0 Å². The first-order valence-corrected chi connectivity index (χ1v) is 8.11. The zero-order valence-electron chi connectivity index (χ0n) is 14.5. The Morgan fingerprint density at radius 2 is 1.64 bits per heavy atom. The highest BCUT2D eigenvalue weighted by atomic mass is 16.5. The summed E-state index contributed by atoms with van der Waals surface area (Å²) in [5, 5.41) is 2.21. The van der Waals surface area contributed by atoms with Crippen molar-refractivity contribution in [3.63, 3.8) is 0 Å². The molecule has 3 aromatic carbocycles. The lowest BCUT2D eigenvalue weighted by Gasteiger charge is -2.18. The molecule has 0 saturated carbocycles. The predicted octanol–water partition coefficient (Wildman–Crippen LogP) is 5.24. The molecule has 25 heavy (non-hydrogen) atoms. The zero-order chi connectivity index (χ0) is 17.8. The van der Waals surface area contributed by atoms with Crippen molar-refractivity contribution >= 4 is 17.1 Å². The van der Waals surface area contributed by atoms with E-state index in [9.17, 15) is 4.79 Å². The summed E-state index contributed by atoms with van der Waals surface area (Å²) in [6, 6.07) is 17.2. The molecular formula is C21H20O4. The van der Waals surface area contributed by atoms with Crippen LogP contribution in [-0.4, -0.2) is 19.5 Å². The minimum absolute atomic E-state index is 0.0602. The maximum absolute atomic E-state index is 11.2. The molecule has 3 aromatic rings. The minimum atomic E-state index is -0.0602. The van der Waals surface area contributed by atoms with E-state index >= 15 is 0 Å². The number of benzene rings is 3. The fraction of sp³-hybridized carbons (Fsp3) is 0.190. The van der Waals surface area contributed by atoms with Crippen LogP contribution in [0, 0.1) is 0 Å². The lowest BCUT2D eigenvalue weighted by Crippen LogP contribution is -2.08. The molecule has 0 spiro atoms. The molecule has 0 radical (unpaired) electrons. The van der Waals surface area contributed by atoms with Crippen LogP contribution in [0.15, 0.2) is 54.6 Å². The molecule has 128 valence electrons. The van der Waals surface area contributed by atoms with E-state index in [4.69, 9.17) is 14.2 Å². The van der Waals surface area contributed by atoms with Crippen molar-refractivity contribution in [3.8, 4) is 23.0 Å². The molecule has 0 aliphatic heterocycles. The summed E-state index contributed by atoms with van der Waals surface area (Å²) in [7, 11) is 1.54. The second-order valence-corrected chi connectivity index (χ2v) is 5.95. The van der Waals surface area contributed by atoms with Crippen molar-refractivity contribution < 1.29 is 19.0 Å². The molecule has 4 heteroatoms. The normalized spacial score (nSPS) is 10.7. The van der Waals surface area contributed by atoms with Crippen molar-refractivity contribution in [3.05, 3.63) is 60.2 Å². The van der Waals surface area contributed by atoms with Crippen LogP contribution < -0.4 is 14.2 Å². The molecule has 0 unspecified atom stereocenters. The number of fused-ring (bicyclic) bond motifs is 1. The van der Waals surface area contributed by atoms with Crippen LogP contribution in [-0.2, 0) is 0 Å². The van der Waals surface area contributed by atoms with Crippen LogP contribution in [0.25, 0.3) is 10.8 Å². The third-order valence-corrected chi connectivity index (χ3v) is 3.70. The Labute approximate surface area is 146 Å². The van der Waals surface area contributed by atoms with Gasteiger partial charge in [-0.05, 0) is 48.9 Å². The maximum Gasteiger partial charge on any atom is 0.204 e. The highest BCUT2D eigenvalue weighted by molar-refractivity contribution is 5.84. The Balaban J connectivity index is 2.05. The van der Waals surface area contributed by atoms with E-state index < -0.39 is 0 Å². The van der Waals surface area contributed by atoms with Gasteiger partial charge in [0, 0.05) is 5.56 Å². The van der Waals surface area contributed by atoms with E-state index in [2.05, 4.69) is 0 Å². The van der Waals surface area contributed by atoms with Crippen LogP contribution in [0.3, 0.4) is 0 Å². The van der Waals surface area contributed by atoms with E-state index in [0.29, 0.717) is 28.6 Å². The first-order chi connectivity index (χ1) is 12.1. The number of hydrogen-bond acceptors (Lipinski definition) is 4. The van der Waals surface area contributed by atoms with Crippen molar-refractivity contribution in [1.29, 1.82) is 0 Å². The number of ether oxygens (including phenoxy) is 3. The third-order valence-electron chi connectivity index (χ3n) is 3.70. The standard InChI is InChI=1S/C21H20O4/c1-14(2)24-21-19(23-3)10-15(13-22)11-20(21)25-18-9-8-16-6-4-5-7-17(16)12-18/h4-14H,1-3H3. The van der Waals surface area contributed by atoms with E-state index in [1.807, 2.05) is 56.3 Å². The van der Waals surface area contributed by atoms with Crippen LogP contribution in [0.1, 0.15) is 24.2 Å². The van der Waals surface area contributed by atoms with E-state index in [1.165, 1.54) is 7.11 Å². The number of aldehydes is 1. The summed E-state index contributed by atoms with van der Waals surface area (Å²) in [5.74, 6) is 2.06. The Bertz CT molecular complexity index is 900. The average Bonchev–Trinajstić information content (AvgIpc) is 2.62. The Hall–Kier alpha value is -3.01. The van der Waals surface area contributed by atoms with Crippen LogP contribution in [0.2, 0.25) is 0 Å². The van der Waals surface area contributed by atoms with Gasteiger partial charge in [-0.1, -0.05) is 30.3 Å². The molecule has 0 amide bonds. The van der Waals surface area contributed by atoms with E-state index in [1.54, 1.807) is 12.1 Å². The quantitative estimate of drug-likeness (QED) is 0.577. The maximum atomic E-state index is 11.2. The molecule has 4 nitrogen and oxygen atoms in total. The second kappa shape index (κ2) is 7.26. The molecule has 0 aliphatic rings. The van der Waals surface area contributed by atoms with Gasteiger partial charge in [-0.15, -0.1) is 0 Å². The lowest BCUT2D eigenvalue weighted by molar-refractivity contribution is 0.112. The second-order valence-electron chi connectivity index (χ2n) is 5.95. The van der Waals surface area contributed by atoms with E-state index in [-0.39, 0.29) is 6.10 Å². The first-order valence-electron chi connectivity index (χ1n) is 8.11. The van der Waals surface area contributed by atoms with Gasteiger partial charge < -0.3 is 14.2 Å². The van der Waals surface area contributed by atoms with Gasteiger partial charge in [-0.2, -0.15) is 0 Å². The van der Waals surface area contributed by atoms with Crippen LogP contribution in [0.4, 0.5) is 0 Å². The first kappa shape index (κ1) is 16.8. The van der Waals surface area contributed by atoms with Gasteiger partial charge in [-0.25, -0.2) is 0 Å². The highest BCUT2D eigenvalue weighted by Crippen LogP contribution is 2.41. The van der Waals surface area contributed by atoms with Gasteiger partial charge in [0.15, 0.2) is 11.5 Å². The van der Waals surface area contributed by atoms with Gasteiger partial charge in [-0.3, -0.25) is 4.79 Å². The van der Waals surface area contributed by atoms with Gasteiger partial charge in [0.1, 0.15) is 12.0 Å². The van der Waals surface area contributed by atoms with Gasteiger partial charge in [0.2, 0.25) is 5.75 Å². The Morgan fingerprint density at radius 3 is 2.32 bits per heavy atom. The summed E-state index contributed by atoms with van der Waals surface area (Å²) in [4.78, 5) is 11.2. The molecule has 0 aliphatic carbocycles. The summed E-state index contributed by atoms with van der Waals surface area (Å²) >= 11 is 0. The number of carbonyl (C=O) groups excluding carboxylic acids is 1. The molecule has 0 saturated heterocycles. The lowest BCUT2D eigenvalue weighted by atomic mass is 10.1.